The van der Waals surface area contributed by atoms with E-state index < -0.39 is 32.6 Å². The van der Waals surface area contributed by atoms with Crippen molar-refractivity contribution >= 4 is 10.0 Å². The molecule has 0 fully saturated rings. The van der Waals surface area contributed by atoms with Gasteiger partial charge >= 0.3 is 0 Å². The average Bonchev–Trinajstić information content (AvgIpc) is 2.24. The van der Waals surface area contributed by atoms with E-state index >= 15 is 0 Å². The van der Waals surface area contributed by atoms with Gasteiger partial charge in [-0.1, -0.05) is 6.92 Å². The number of halogens is 2. The molecule has 1 aromatic rings. The summed E-state index contributed by atoms with van der Waals surface area (Å²) < 4.78 is 51.6. The fraction of sp³-hybridized carbons (Fsp3) is 0.400. The highest BCUT2D eigenvalue weighted by Gasteiger charge is 2.19. The molecule has 7 heteroatoms. The molecule has 0 amide bonds. The second-order valence-electron chi connectivity index (χ2n) is 3.57. The molecule has 1 rings (SSSR count). The minimum Gasteiger partial charge on any atom is -0.329 e. The molecule has 1 unspecified atom stereocenters. The average molecular weight is 264 g/mol. The van der Waals surface area contributed by atoms with Crippen LogP contribution in [0.5, 0.6) is 0 Å². The van der Waals surface area contributed by atoms with Crippen molar-refractivity contribution in [3.63, 3.8) is 0 Å². The Balaban J connectivity index is 3.04. The fourth-order valence-electron chi connectivity index (χ4n) is 1.27. The molecule has 0 saturated carbocycles. The summed E-state index contributed by atoms with van der Waals surface area (Å²) in [6.45, 7) is 1.87. The first kappa shape index (κ1) is 14.0. The van der Waals surface area contributed by atoms with Crippen LogP contribution < -0.4 is 10.5 Å². The molecule has 0 spiro atoms. The maximum atomic E-state index is 12.9. The third-order valence-electron chi connectivity index (χ3n) is 2.25. The largest absolute Gasteiger partial charge is 0.329 e. The molecule has 0 radical (unpaired) electrons. The number of nitrogens with two attached hydrogens (primary N) is 1. The maximum absolute atomic E-state index is 12.9. The Hall–Kier alpha value is -1.05. The van der Waals surface area contributed by atoms with E-state index in [1.54, 1.807) is 6.92 Å². The Kier molecular flexibility index (Phi) is 4.55. The quantitative estimate of drug-likeness (QED) is 0.832. The first-order valence-corrected chi connectivity index (χ1v) is 6.56. The van der Waals surface area contributed by atoms with Crippen LogP contribution in [-0.4, -0.2) is 21.0 Å². The van der Waals surface area contributed by atoms with E-state index in [1.165, 1.54) is 0 Å². The first-order valence-electron chi connectivity index (χ1n) is 5.07. The predicted octanol–water partition coefficient (Wildman–Crippen LogP) is 0.980. The van der Waals surface area contributed by atoms with Crippen molar-refractivity contribution in [1.29, 1.82) is 0 Å². The summed E-state index contributed by atoms with van der Waals surface area (Å²) in [6, 6.07) is 1.68. The van der Waals surface area contributed by atoms with Crippen LogP contribution in [0.15, 0.2) is 23.1 Å². The van der Waals surface area contributed by atoms with Gasteiger partial charge in [0, 0.05) is 18.7 Å². The van der Waals surface area contributed by atoms with E-state index in [0.717, 1.165) is 12.1 Å². The molecule has 0 heterocycles. The van der Waals surface area contributed by atoms with Crippen LogP contribution in [0.25, 0.3) is 0 Å². The summed E-state index contributed by atoms with van der Waals surface area (Å²) in [6.07, 6.45) is 0.494. The monoisotopic (exact) mass is 264 g/mol. The van der Waals surface area contributed by atoms with Gasteiger partial charge in [0.2, 0.25) is 10.0 Å². The van der Waals surface area contributed by atoms with Crippen LogP contribution in [0, 0.1) is 11.6 Å². The molecule has 0 bridgehead atoms. The maximum Gasteiger partial charge on any atom is 0.241 e. The zero-order chi connectivity index (χ0) is 13.1. The highest BCUT2D eigenvalue weighted by molar-refractivity contribution is 7.89. The third kappa shape index (κ3) is 3.72. The Morgan fingerprint density at radius 2 is 1.82 bits per heavy atom. The Morgan fingerprint density at radius 3 is 2.24 bits per heavy atom. The zero-order valence-electron chi connectivity index (χ0n) is 9.28. The lowest BCUT2D eigenvalue weighted by atomic mass is 10.2. The molecule has 0 saturated heterocycles. The molecular formula is C10H14F2N2O2S. The number of sulfonamides is 1. The number of hydrogen-bond acceptors (Lipinski definition) is 3. The molecule has 1 aromatic carbocycles. The van der Waals surface area contributed by atoms with Gasteiger partial charge in [-0.15, -0.1) is 0 Å². The Labute approximate surface area is 98.9 Å². The van der Waals surface area contributed by atoms with Gasteiger partial charge in [0.05, 0.1) is 4.90 Å². The molecule has 1 atom stereocenters. The molecule has 0 aromatic heterocycles. The van der Waals surface area contributed by atoms with Crippen molar-refractivity contribution in [3.05, 3.63) is 29.8 Å². The highest BCUT2D eigenvalue weighted by Crippen LogP contribution is 2.14. The van der Waals surface area contributed by atoms with Crippen molar-refractivity contribution in [3.8, 4) is 0 Å². The smallest absolute Gasteiger partial charge is 0.241 e. The molecule has 0 aliphatic heterocycles. The topological polar surface area (TPSA) is 72.2 Å². The zero-order valence-corrected chi connectivity index (χ0v) is 10.1. The summed E-state index contributed by atoms with van der Waals surface area (Å²) in [5, 5.41) is 0. The van der Waals surface area contributed by atoms with Crippen LogP contribution in [0.3, 0.4) is 0 Å². The van der Waals surface area contributed by atoms with Crippen molar-refractivity contribution in [2.75, 3.05) is 6.54 Å². The van der Waals surface area contributed by atoms with E-state index in [4.69, 9.17) is 5.73 Å². The second-order valence-corrected chi connectivity index (χ2v) is 5.28. The lowest BCUT2D eigenvalue weighted by Gasteiger charge is -2.14. The van der Waals surface area contributed by atoms with Crippen molar-refractivity contribution in [2.45, 2.75) is 24.3 Å². The van der Waals surface area contributed by atoms with Crippen LogP contribution in [0.2, 0.25) is 0 Å². The second kappa shape index (κ2) is 5.52. The normalized spacial score (nSPS) is 13.6. The van der Waals surface area contributed by atoms with Gasteiger partial charge in [-0.2, -0.15) is 0 Å². The Morgan fingerprint density at radius 1 is 1.29 bits per heavy atom. The van der Waals surface area contributed by atoms with Crippen LogP contribution in [0.4, 0.5) is 8.78 Å². The summed E-state index contributed by atoms with van der Waals surface area (Å²) in [5.74, 6) is -1.88. The summed E-state index contributed by atoms with van der Waals surface area (Å²) in [5.41, 5.74) is 5.35. The SMILES string of the molecule is CCC(CN)NS(=O)(=O)c1cc(F)cc(F)c1. The molecule has 17 heavy (non-hydrogen) atoms. The minimum atomic E-state index is -3.94. The molecule has 0 aliphatic rings. The Bertz CT molecular complexity index is 467. The molecule has 3 N–H and O–H groups in total. The lowest BCUT2D eigenvalue weighted by molar-refractivity contribution is 0.536. The van der Waals surface area contributed by atoms with E-state index in [0.29, 0.717) is 12.5 Å². The third-order valence-corrected chi connectivity index (χ3v) is 3.75. The summed E-state index contributed by atoms with van der Waals surface area (Å²) >= 11 is 0. The van der Waals surface area contributed by atoms with Gasteiger partial charge in [0.25, 0.3) is 0 Å². The molecule has 96 valence electrons. The number of hydrogen-bond donors (Lipinski definition) is 2. The molecule has 0 aliphatic carbocycles. The van der Waals surface area contributed by atoms with Gasteiger partial charge in [-0.05, 0) is 18.6 Å². The highest BCUT2D eigenvalue weighted by atomic mass is 32.2. The van der Waals surface area contributed by atoms with Gasteiger partial charge in [-0.25, -0.2) is 21.9 Å². The predicted molar refractivity (Wildman–Crippen MR) is 59.8 cm³/mol. The van der Waals surface area contributed by atoms with E-state index in [-0.39, 0.29) is 6.54 Å². The first-order chi connectivity index (χ1) is 7.89. The standard InChI is InChI=1S/C10H14F2N2O2S/c1-2-9(6-13)14-17(15,16)10-4-7(11)3-8(12)5-10/h3-5,9,14H,2,6,13H2,1H3. The van der Waals surface area contributed by atoms with E-state index in [1.807, 2.05) is 0 Å². The number of rotatable bonds is 5. The van der Waals surface area contributed by atoms with Crippen LogP contribution >= 0.6 is 0 Å². The summed E-state index contributed by atoms with van der Waals surface area (Å²) in [4.78, 5) is -0.443. The van der Waals surface area contributed by atoms with Crippen LogP contribution in [0.1, 0.15) is 13.3 Å². The van der Waals surface area contributed by atoms with Gasteiger partial charge < -0.3 is 5.73 Å². The van der Waals surface area contributed by atoms with Gasteiger partial charge in [0.15, 0.2) is 0 Å². The van der Waals surface area contributed by atoms with E-state index in [9.17, 15) is 17.2 Å². The number of nitrogens with one attached hydrogen (secondary N) is 1. The molecule has 4 nitrogen and oxygen atoms in total. The van der Waals surface area contributed by atoms with Gasteiger partial charge in [0.1, 0.15) is 11.6 Å². The summed E-state index contributed by atoms with van der Waals surface area (Å²) in [7, 11) is -3.94. The fourth-order valence-corrected chi connectivity index (χ4v) is 2.64. The molecular weight excluding hydrogens is 250 g/mol. The van der Waals surface area contributed by atoms with Crippen molar-refractivity contribution < 1.29 is 17.2 Å². The van der Waals surface area contributed by atoms with Crippen LogP contribution in [-0.2, 0) is 10.0 Å². The minimum absolute atomic E-state index is 0.119. The van der Waals surface area contributed by atoms with Crippen molar-refractivity contribution in [1.82, 2.24) is 4.72 Å². The van der Waals surface area contributed by atoms with Gasteiger partial charge in [-0.3, -0.25) is 0 Å². The lowest BCUT2D eigenvalue weighted by Crippen LogP contribution is -2.39. The van der Waals surface area contributed by atoms with E-state index in [2.05, 4.69) is 4.72 Å². The van der Waals surface area contributed by atoms with Crippen molar-refractivity contribution in [2.24, 2.45) is 5.73 Å². The number of benzene rings is 1.